The number of benzene rings is 2. The van der Waals surface area contributed by atoms with Gasteiger partial charge in [-0.2, -0.15) is 0 Å². The third kappa shape index (κ3) is 2.49. The molecule has 0 amide bonds. The first kappa shape index (κ1) is 16.5. The quantitative estimate of drug-likeness (QED) is 0.305. The molecule has 0 saturated heterocycles. The second-order valence-electron chi connectivity index (χ2n) is 8.20. The average molecular weight is 372 g/mol. The summed E-state index contributed by atoms with van der Waals surface area (Å²) < 4.78 is 7.65. The maximum Gasteiger partial charge on any atom is 0.153 e. The molecule has 2 aromatic carbocycles. The number of thiophene rings is 1. The van der Waals surface area contributed by atoms with Gasteiger partial charge in [0.15, 0.2) is 5.58 Å². The van der Waals surface area contributed by atoms with Crippen LogP contribution in [0.15, 0.2) is 58.5 Å². The summed E-state index contributed by atoms with van der Waals surface area (Å²) in [6.07, 6.45) is 1.98. The van der Waals surface area contributed by atoms with Gasteiger partial charge in [-0.15, -0.1) is 11.3 Å². The maximum absolute atomic E-state index is 6.44. The van der Waals surface area contributed by atoms with Gasteiger partial charge < -0.3 is 4.42 Å². The van der Waals surface area contributed by atoms with Crippen LogP contribution in [0.5, 0.6) is 0 Å². The minimum Gasteiger partial charge on any atom is -0.454 e. The molecular weight excluding hydrogens is 350 g/mol. The Balaban J connectivity index is 1.83. The van der Waals surface area contributed by atoms with Gasteiger partial charge >= 0.3 is 0 Å². The molecule has 0 aliphatic heterocycles. The fourth-order valence-corrected chi connectivity index (χ4v) is 4.84. The number of rotatable bonds is 1. The molecule has 0 N–H and O–H groups in total. The average Bonchev–Trinajstić information content (AvgIpc) is 3.24. The lowest BCUT2D eigenvalue weighted by atomic mass is 9.84. The first-order chi connectivity index (χ1) is 12.9. The van der Waals surface area contributed by atoms with Gasteiger partial charge in [0.05, 0.1) is 10.4 Å². The molecule has 0 fully saturated rings. The lowest BCUT2D eigenvalue weighted by molar-refractivity contribution is 0.585. The first-order valence-corrected chi connectivity index (χ1v) is 10.1. The SMILES string of the molecule is Cc1cnc(-c2cccc3c2oc2c3ccc3ccsc32)cc1C(C)(C)C. The fourth-order valence-electron chi connectivity index (χ4n) is 3.96. The largest absolute Gasteiger partial charge is 0.454 e. The van der Waals surface area contributed by atoms with Crippen LogP contribution >= 0.6 is 11.3 Å². The number of furan rings is 1. The highest BCUT2D eigenvalue weighted by molar-refractivity contribution is 7.18. The normalized spacial score (nSPS) is 12.4. The minimum absolute atomic E-state index is 0.0761. The number of hydrogen-bond acceptors (Lipinski definition) is 3. The van der Waals surface area contributed by atoms with E-state index < -0.39 is 0 Å². The van der Waals surface area contributed by atoms with Crippen LogP contribution in [0.1, 0.15) is 31.9 Å². The number of hydrogen-bond donors (Lipinski definition) is 0. The summed E-state index contributed by atoms with van der Waals surface area (Å²) in [5.41, 5.74) is 6.55. The monoisotopic (exact) mass is 371 g/mol. The molecule has 3 aromatic heterocycles. The second-order valence-corrected chi connectivity index (χ2v) is 9.12. The van der Waals surface area contributed by atoms with E-state index in [4.69, 9.17) is 9.40 Å². The molecule has 2 nitrogen and oxygen atoms in total. The van der Waals surface area contributed by atoms with Crippen LogP contribution in [0.3, 0.4) is 0 Å². The molecule has 0 bridgehead atoms. The molecule has 0 aliphatic carbocycles. The molecule has 0 aliphatic rings. The number of fused-ring (bicyclic) bond motifs is 5. The number of aromatic nitrogens is 1. The smallest absolute Gasteiger partial charge is 0.153 e. The van der Waals surface area contributed by atoms with Gasteiger partial charge in [-0.05, 0) is 58.5 Å². The van der Waals surface area contributed by atoms with Crippen molar-refractivity contribution in [3.63, 3.8) is 0 Å². The zero-order valence-corrected chi connectivity index (χ0v) is 16.8. The summed E-state index contributed by atoms with van der Waals surface area (Å²) in [6.45, 7) is 8.86. The Morgan fingerprint density at radius 3 is 2.59 bits per heavy atom. The highest BCUT2D eigenvalue weighted by Gasteiger charge is 2.20. The second kappa shape index (κ2) is 5.67. The van der Waals surface area contributed by atoms with Gasteiger partial charge in [0.2, 0.25) is 0 Å². The molecular formula is C24H21NOS. The molecule has 5 rings (SSSR count). The van der Waals surface area contributed by atoms with Crippen molar-refractivity contribution < 1.29 is 4.42 Å². The molecule has 0 saturated carbocycles. The van der Waals surface area contributed by atoms with Crippen LogP contribution in [0.4, 0.5) is 0 Å². The van der Waals surface area contributed by atoms with E-state index in [9.17, 15) is 0 Å². The Morgan fingerprint density at radius 2 is 1.78 bits per heavy atom. The van der Waals surface area contributed by atoms with Gasteiger partial charge in [-0.1, -0.05) is 39.0 Å². The predicted molar refractivity (Wildman–Crippen MR) is 116 cm³/mol. The Hall–Kier alpha value is -2.65. The van der Waals surface area contributed by atoms with E-state index in [0.29, 0.717) is 0 Å². The predicted octanol–water partition coefficient (Wildman–Crippen LogP) is 7.47. The Labute approximate surface area is 162 Å². The topological polar surface area (TPSA) is 26.0 Å². The number of aryl methyl sites for hydroxylation is 1. The first-order valence-electron chi connectivity index (χ1n) is 9.22. The van der Waals surface area contributed by atoms with E-state index in [2.05, 4.69) is 75.5 Å². The van der Waals surface area contributed by atoms with Crippen molar-refractivity contribution in [3.8, 4) is 11.3 Å². The van der Waals surface area contributed by atoms with Gasteiger partial charge in [-0.25, -0.2) is 0 Å². The van der Waals surface area contributed by atoms with E-state index in [-0.39, 0.29) is 5.41 Å². The number of nitrogens with zero attached hydrogens (tertiary/aromatic N) is 1. The third-order valence-electron chi connectivity index (χ3n) is 5.27. The van der Waals surface area contributed by atoms with Crippen molar-refractivity contribution in [2.75, 3.05) is 0 Å². The lowest BCUT2D eigenvalue weighted by Gasteiger charge is -2.22. The summed E-state index contributed by atoms with van der Waals surface area (Å²) in [5.74, 6) is 0. The summed E-state index contributed by atoms with van der Waals surface area (Å²) in [6, 6.07) is 15.1. The summed E-state index contributed by atoms with van der Waals surface area (Å²) >= 11 is 1.73. The molecule has 3 heterocycles. The van der Waals surface area contributed by atoms with E-state index >= 15 is 0 Å². The highest BCUT2D eigenvalue weighted by atomic mass is 32.1. The molecule has 27 heavy (non-hydrogen) atoms. The van der Waals surface area contributed by atoms with Gasteiger partial charge in [0, 0.05) is 22.5 Å². The Morgan fingerprint density at radius 1 is 0.963 bits per heavy atom. The van der Waals surface area contributed by atoms with Crippen LogP contribution in [0, 0.1) is 6.92 Å². The summed E-state index contributed by atoms with van der Waals surface area (Å²) in [5, 5.41) is 5.68. The van der Waals surface area contributed by atoms with Crippen LogP contribution in [0.2, 0.25) is 0 Å². The van der Waals surface area contributed by atoms with Crippen LogP contribution < -0.4 is 0 Å². The zero-order chi connectivity index (χ0) is 18.8. The number of pyridine rings is 1. The van der Waals surface area contributed by atoms with Gasteiger partial charge in [0.25, 0.3) is 0 Å². The van der Waals surface area contributed by atoms with Crippen molar-refractivity contribution in [1.82, 2.24) is 4.98 Å². The standard InChI is InChI=1S/C24H21NOS/c1-14-13-25-20(12-19(14)24(2,3)4)18-7-5-6-16-17-9-8-15-10-11-27-23(15)22(17)26-21(16)18/h5-13H,1-4H3. The summed E-state index contributed by atoms with van der Waals surface area (Å²) in [7, 11) is 0. The number of para-hydroxylation sites is 1. The van der Waals surface area contributed by atoms with Crippen LogP contribution in [-0.4, -0.2) is 4.98 Å². The van der Waals surface area contributed by atoms with Crippen molar-refractivity contribution in [2.24, 2.45) is 0 Å². The van der Waals surface area contributed by atoms with E-state index in [0.717, 1.165) is 27.8 Å². The van der Waals surface area contributed by atoms with E-state index in [1.165, 1.54) is 26.6 Å². The van der Waals surface area contributed by atoms with E-state index in [1.807, 2.05) is 6.20 Å². The highest BCUT2D eigenvalue weighted by Crippen LogP contribution is 2.40. The Kier molecular flexibility index (Phi) is 3.47. The van der Waals surface area contributed by atoms with Crippen molar-refractivity contribution >= 4 is 43.4 Å². The molecule has 0 unspecified atom stereocenters. The van der Waals surface area contributed by atoms with Crippen LogP contribution in [0.25, 0.3) is 43.3 Å². The molecule has 134 valence electrons. The van der Waals surface area contributed by atoms with E-state index in [1.54, 1.807) is 11.3 Å². The van der Waals surface area contributed by atoms with Gasteiger partial charge in [-0.3, -0.25) is 4.98 Å². The molecule has 5 aromatic rings. The molecule has 0 radical (unpaired) electrons. The maximum atomic E-state index is 6.44. The van der Waals surface area contributed by atoms with Crippen molar-refractivity contribution in [1.29, 1.82) is 0 Å². The molecule has 0 spiro atoms. The Bertz CT molecular complexity index is 1320. The molecule has 0 atom stereocenters. The zero-order valence-electron chi connectivity index (χ0n) is 16.0. The third-order valence-corrected chi connectivity index (χ3v) is 6.20. The lowest BCUT2D eigenvalue weighted by Crippen LogP contribution is -2.13. The van der Waals surface area contributed by atoms with Crippen molar-refractivity contribution in [2.45, 2.75) is 33.1 Å². The summed E-state index contributed by atoms with van der Waals surface area (Å²) in [4.78, 5) is 4.74. The molecule has 3 heteroatoms. The fraction of sp³-hybridized carbons (Fsp3) is 0.208. The minimum atomic E-state index is 0.0761. The van der Waals surface area contributed by atoms with Gasteiger partial charge in [0.1, 0.15) is 5.58 Å². The van der Waals surface area contributed by atoms with Crippen LogP contribution in [-0.2, 0) is 5.41 Å². The van der Waals surface area contributed by atoms with Crippen molar-refractivity contribution in [3.05, 3.63) is 65.2 Å².